The van der Waals surface area contributed by atoms with Gasteiger partial charge in [-0.15, -0.1) is 0 Å². The average molecular weight is 363 g/mol. The van der Waals surface area contributed by atoms with Crippen LogP contribution in [-0.4, -0.2) is 0 Å². The molecule has 0 aliphatic carbocycles. The van der Waals surface area contributed by atoms with E-state index in [1.807, 2.05) is 18.2 Å². The van der Waals surface area contributed by atoms with E-state index in [1.54, 1.807) is 0 Å². The minimum Gasteiger partial charge on any atom is -0.0827 e. The maximum atomic E-state index is 6.01. The van der Waals surface area contributed by atoms with Crippen LogP contribution < -0.4 is 0 Å². The van der Waals surface area contributed by atoms with Crippen LogP contribution in [-0.2, 0) is 0 Å². The van der Waals surface area contributed by atoms with Gasteiger partial charge in [0.25, 0.3) is 0 Å². The third-order valence-electron chi connectivity index (χ3n) is 2.36. The van der Waals surface area contributed by atoms with Crippen molar-refractivity contribution in [2.45, 2.75) is 6.92 Å². The molecule has 0 radical (unpaired) electrons. The molecule has 82 valence electrons. The molecule has 0 bridgehead atoms. The topological polar surface area (TPSA) is 0 Å². The molecule has 3 heteroatoms. The summed E-state index contributed by atoms with van der Waals surface area (Å²) < 4.78 is 1.22. The van der Waals surface area contributed by atoms with Crippen molar-refractivity contribution < 1.29 is 0 Å². The summed E-state index contributed by atoms with van der Waals surface area (Å²) in [5.74, 6) is 0. The van der Waals surface area contributed by atoms with Crippen LogP contribution in [0.25, 0.3) is 11.1 Å². The van der Waals surface area contributed by atoms with Gasteiger partial charge in [0.1, 0.15) is 0 Å². The smallest absolute Gasteiger partial charge is 0.0598 e. The molecule has 0 aliphatic rings. The molecule has 0 atom stereocenters. The Morgan fingerprint density at radius 3 is 2.31 bits per heavy atom. The molecule has 0 spiro atoms. The van der Waals surface area contributed by atoms with Crippen molar-refractivity contribution in [3.05, 3.63) is 55.6 Å². The first-order valence-corrected chi connectivity index (χ1v) is 6.63. The molecule has 0 saturated carbocycles. The number of benzene rings is 2. The van der Waals surface area contributed by atoms with Crippen LogP contribution in [0.3, 0.4) is 0 Å². The molecule has 2 aromatic rings. The van der Waals surface area contributed by atoms with E-state index in [4.69, 9.17) is 23.2 Å². The summed E-state index contributed by atoms with van der Waals surface area (Å²) >= 11 is 14.2. The molecule has 2 rings (SSSR count). The SMILES string of the molecule is Cc1ccc(-c2ccc(Cl)c(Cl)c2)c(I)c1. The van der Waals surface area contributed by atoms with Crippen LogP contribution in [0.1, 0.15) is 5.56 Å². The van der Waals surface area contributed by atoms with E-state index in [0.717, 1.165) is 5.56 Å². The first-order valence-electron chi connectivity index (χ1n) is 4.79. The Kier molecular flexibility index (Phi) is 3.77. The van der Waals surface area contributed by atoms with E-state index in [0.29, 0.717) is 10.0 Å². The molecule has 0 unspecified atom stereocenters. The molecule has 0 aliphatic heterocycles. The molecule has 0 nitrogen and oxygen atoms in total. The van der Waals surface area contributed by atoms with Gasteiger partial charge in [0.05, 0.1) is 10.0 Å². The number of aryl methyl sites for hydroxylation is 1. The monoisotopic (exact) mass is 362 g/mol. The number of hydrogen-bond acceptors (Lipinski definition) is 0. The normalized spacial score (nSPS) is 10.5. The summed E-state index contributed by atoms with van der Waals surface area (Å²) in [4.78, 5) is 0. The molecule has 2 aromatic carbocycles. The Balaban J connectivity index is 2.54. The van der Waals surface area contributed by atoms with Gasteiger partial charge < -0.3 is 0 Å². The fraction of sp³-hybridized carbons (Fsp3) is 0.0769. The minimum atomic E-state index is 0.590. The maximum Gasteiger partial charge on any atom is 0.0598 e. The van der Waals surface area contributed by atoms with Crippen LogP contribution >= 0.6 is 45.8 Å². The van der Waals surface area contributed by atoms with E-state index in [2.05, 4.69) is 47.7 Å². The summed E-state index contributed by atoms with van der Waals surface area (Å²) in [6.45, 7) is 2.08. The summed E-state index contributed by atoms with van der Waals surface area (Å²) in [5, 5.41) is 1.18. The van der Waals surface area contributed by atoms with Crippen LogP contribution in [0.15, 0.2) is 36.4 Å². The Labute approximate surface area is 119 Å². The first kappa shape index (κ1) is 12.2. The second-order valence-electron chi connectivity index (χ2n) is 3.61. The van der Waals surface area contributed by atoms with Gasteiger partial charge >= 0.3 is 0 Å². The van der Waals surface area contributed by atoms with Gasteiger partial charge in [-0.05, 0) is 58.8 Å². The van der Waals surface area contributed by atoms with Crippen molar-refractivity contribution in [1.29, 1.82) is 0 Å². The van der Waals surface area contributed by atoms with Crippen molar-refractivity contribution in [3.8, 4) is 11.1 Å². The highest BCUT2D eigenvalue weighted by atomic mass is 127. The van der Waals surface area contributed by atoms with Gasteiger partial charge in [-0.2, -0.15) is 0 Å². The summed E-state index contributed by atoms with van der Waals surface area (Å²) in [6, 6.07) is 12.1. The van der Waals surface area contributed by atoms with Crippen molar-refractivity contribution in [2.75, 3.05) is 0 Å². The van der Waals surface area contributed by atoms with Crippen LogP contribution in [0.4, 0.5) is 0 Å². The van der Waals surface area contributed by atoms with Gasteiger partial charge in [0, 0.05) is 3.57 Å². The Bertz CT molecular complexity index is 535. The maximum absolute atomic E-state index is 6.01. The third-order valence-corrected chi connectivity index (χ3v) is 3.99. The third kappa shape index (κ3) is 2.53. The van der Waals surface area contributed by atoms with Crippen LogP contribution in [0.2, 0.25) is 10.0 Å². The van der Waals surface area contributed by atoms with E-state index in [-0.39, 0.29) is 0 Å². The molecule has 0 aromatic heterocycles. The van der Waals surface area contributed by atoms with E-state index in [1.165, 1.54) is 14.7 Å². The fourth-order valence-electron chi connectivity index (χ4n) is 1.52. The summed E-state index contributed by atoms with van der Waals surface area (Å²) in [6.07, 6.45) is 0. The zero-order chi connectivity index (χ0) is 11.7. The summed E-state index contributed by atoms with van der Waals surface area (Å²) in [5.41, 5.74) is 3.54. The van der Waals surface area contributed by atoms with Gasteiger partial charge in [0.2, 0.25) is 0 Å². The highest BCUT2D eigenvalue weighted by Gasteiger charge is 2.05. The highest BCUT2D eigenvalue weighted by Crippen LogP contribution is 2.31. The lowest BCUT2D eigenvalue weighted by molar-refractivity contribution is 1.44. The number of halogens is 3. The molecular formula is C13H9Cl2I. The Morgan fingerprint density at radius 1 is 0.938 bits per heavy atom. The highest BCUT2D eigenvalue weighted by molar-refractivity contribution is 14.1. The van der Waals surface area contributed by atoms with Crippen molar-refractivity contribution >= 4 is 45.8 Å². The lowest BCUT2D eigenvalue weighted by Crippen LogP contribution is -1.84. The largest absolute Gasteiger partial charge is 0.0827 e. The molecule has 0 saturated heterocycles. The van der Waals surface area contributed by atoms with Crippen LogP contribution in [0.5, 0.6) is 0 Å². The van der Waals surface area contributed by atoms with Crippen LogP contribution in [0, 0.1) is 10.5 Å². The van der Waals surface area contributed by atoms with Crippen molar-refractivity contribution in [2.24, 2.45) is 0 Å². The van der Waals surface area contributed by atoms with E-state index < -0.39 is 0 Å². The molecule has 0 fully saturated rings. The zero-order valence-corrected chi connectivity index (χ0v) is 12.3. The lowest BCUT2D eigenvalue weighted by Gasteiger charge is -2.07. The van der Waals surface area contributed by atoms with Gasteiger partial charge in [-0.3, -0.25) is 0 Å². The first-order chi connectivity index (χ1) is 7.58. The fourth-order valence-corrected chi connectivity index (χ4v) is 2.80. The average Bonchev–Trinajstić information content (AvgIpc) is 2.22. The standard InChI is InChI=1S/C13H9Cl2I/c1-8-2-4-10(13(16)6-8)9-3-5-11(14)12(15)7-9/h2-7H,1H3. The van der Waals surface area contributed by atoms with Crippen molar-refractivity contribution in [3.63, 3.8) is 0 Å². The van der Waals surface area contributed by atoms with E-state index in [9.17, 15) is 0 Å². The molecule has 0 heterocycles. The number of rotatable bonds is 1. The molecule has 0 N–H and O–H groups in total. The summed E-state index contributed by atoms with van der Waals surface area (Å²) in [7, 11) is 0. The lowest BCUT2D eigenvalue weighted by atomic mass is 10.0. The second-order valence-corrected chi connectivity index (χ2v) is 5.59. The van der Waals surface area contributed by atoms with Gasteiger partial charge in [-0.25, -0.2) is 0 Å². The van der Waals surface area contributed by atoms with E-state index >= 15 is 0 Å². The Hall–Kier alpha value is -0.250. The second kappa shape index (κ2) is 4.94. The van der Waals surface area contributed by atoms with Gasteiger partial charge in [-0.1, -0.05) is 47.0 Å². The van der Waals surface area contributed by atoms with Crippen molar-refractivity contribution in [1.82, 2.24) is 0 Å². The predicted octanol–water partition coefficient (Wildman–Crippen LogP) is 5.57. The Morgan fingerprint density at radius 2 is 1.69 bits per heavy atom. The zero-order valence-electron chi connectivity index (χ0n) is 8.60. The number of hydrogen-bond donors (Lipinski definition) is 0. The quantitative estimate of drug-likeness (QED) is 0.581. The molecule has 0 amide bonds. The molecular weight excluding hydrogens is 354 g/mol. The minimum absolute atomic E-state index is 0.590. The molecule has 16 heavy (non-hydrogen) atoms. The van der Waals surface area contributed by atoms with Gasteiger partial charge in [0.15, 0.2) is 0 Å². The predicted molar refractivity (Wildman–Crippen MR) is 79.4 cm³/mol.